The summed E-state index contributed by atoms with van der Waals surface area (Å²) in [5, 5.41) is 16.8. The zero-order valence-corrected chi connectivity index (χ0v) is 9.63. The first-order valence-corrected chi connectivity index (χ1v) is 5.89. The van der Waals surface area contributed by atoms with Crippen molar-refractivity contribution in [2.24, 2.45) is 10.9 Å². The molecule has 0 fully saturated rings. The highest BCUT2D eigenvalue weighted by molar-refractivity contribution is 7.10. The van der Waals surface area contributed by atoms with Gasteiger partial charge in [-0.1, -0.05) is 18.1 Å². The topological polar surface area (TPSA) is 70.6 Å². The zero-order valence-electron chi connectivity index (χ0n) is 8.81. The van der Waals surface area contributed by atoms with Crippen LogP contribution in [-0.2, 0) is 0 Å². The lowest BCUT2D eigenvalue weighted by Crippen LogP contribution is -2.25. The van der Waals surface area contributed by atoms with Gasteiger partial charge < -0.3 is 16.3 Å². The molecule has 1 unspecified atom stereocenters. The van der Waals surface area contributed by atoms with Gasteiger partial charge in [0.05, 0.1) is 0 Å². The molecule has 1 rings (SSSR count). The summed E-state index contributed by atoms with van der Waals surface area (Å²) in [6, 6.07) is 4.54. The average Bonchev–Trinajstić information content (AvgIpc) is 2.77. The van der Waals surface area contributed by atoms with Gasteiger partial charge in [0.2, 0.25) is 0 Å². The quantitative estimate of drug-likeness (QED) is 0.301. The number of nitrogens with one attached hydrogen (secondary N) is 1. The standard InChI is InChI=1S/C10H17N3OS/c1-2-8(9-4-3-7-15-9)12-6-5-10(11)13-14/h3-4,7-8,12,14H,2,5-6H2,1H3,(H2,11,13). The fraction of sp³-hybridized carbons (Fsp3) is 0.500. The smallest absolute Gasteiger partial charge is 0.140 e. The molecule has 0 aromatic carbocycles. The Balaban J connectivity index is 2.36. The Morgan fingerprint density at radius 2 is 2.53 bits per heavy atom. The minimum Gasteiger partial charge on any atom is -0.409 e. The average molecular weight is 227 g/mol. The van der Waals surface area contributed by atoms with E-state index in [-0.39, 0.29) is 5.84 Å². The predicted octanol–water partition coefficient (Wildman–Crippen LogP) is 1.93. The minimum atomic E-state index is 0.267. The molecule has 5 heteroatoms. The molecule has 1 heterocycles. The van der Waals surface area contributed by atoms with Crippen molar-refractivity contribution in [2.45, 2.75) is 25.8 Å². The van der Waals surface area contributed by atoms with Gasteiger partial charge in [-0.3, -0.25) is 0 Å². The van der Waals surface area contributed by atoms with Crippen LogP contribution in [0.1, 0.15) is 30.7 Å². The molecule has 0 aliphatic carbocycles. The summed E-state index contributed by atoms with van der Waals surface area (Å²) in [6.45, 7) is 2.87. The molecular formula is C10H17N3OS. The number of amidine groups is 1. The van der Waals surface area contributed by atoms with Gasteiger partial charge in [-0.15, -0.1) is 11.3 Å². The van der Waals surface area contributed by atoms with E-state index in [2.05, 4.69) is 28.8 Å². The minimum absolute atomic E-state index is 0.267. The van der Waals surface area contributed by atoms with E-state index >= 15 is 0 Å². The Bertz CT molecular complexity index is 298. The lowest BCUT2D eigenvalue weighted by molar-refractivity contribution is 0.316. The van der Waals surface area contributed by atoms with E-state index in [9.17, 15) is 0 Å². The molecular weight excluding hydrogens is 210 g/mol. The highest BCUT2D eigenvalue weighted by Gasteiger charge is 2.08. The summed E-state index contributed by atoms with van der Waals surface area (Å²) >= 11 is 1.75. The first-order chi connectivity index (χ1) is 7.27. The molecule has 0 spiro atoms. The van der Waals surface area contributed by atoms with Crippen LogP contribution in [0.2, 0.25) is 0 Å². The van der Waals surface area contributed by atoms with Crippen LogP contribution in [-0.4, -0.2) is 17.6 Å². The van der Waals surface area contributed by atoms with Crippen LogP contribution in [0.25, 0.3) is 0 Å². The first-order valence-electron chi connectivity index (χ1n) is 5.01. The number of thiophene rings is 1. The lowest BCUT2D eigenvalue weighted by Gasteiger charge is -2.14. The summed E-state index contributed by atoms with van der Waals surface area (Å²) in [5.41, 5.74) is 5.38. The third kappa shape index (κ3) is 3.89. The Morgan fingerprint density at radius 1 is 1.73 bits per heavy atom. The van der Waals surface area contributed by atoms with Crippen molar-refractivity contribution in [2.75, 3.05) is 6.54 Å². The maximum absolute atomic E-state index is 8.38. The molecule has 4 N–H and O–H groups in total. The van der Waals surface area contributed by atoms with Crippen LogP contribution in [0.15, 0.2) is 22.7 Å². The number of nitrogens with two attached hydrogens (primary N) is 1. The SMILES string of the molecule is CCC(NCCC(N)=NO)c1cccs1. The number of nitrogens with zero attached hydrogens (tertiary/aromatic N) is 1. The molecule has 0 bridgehead atoms. The molecule has 1 atom stereocenters. The molecule has 1 aromatic heterocycles. The summed E-state index contributed by atoms with van der Waals surface area (Å²) in [6.07, 6.45) is 1.61. The fourth-order valence-corrected chi connectivity index (χ4v) is 2.25. The second-order valence-corrected chi connectivity index (χ2v) is 4.25. The van der Waals surface area contributed by atoms with E-state index in [1.807, 2.05) is 6.07 Å². The second-order valence-electron chi connectivity index (χ2n) is 3.27. The third-order valence-electron chi connectivity index (χ3n) is 2.20. The zero-order chi connectivity index (χ0) is 11.1. The second kappa shape index (κ2) is 6.42. The van der Waals surface area contributed by atoms with Crippen molar-refractivity contribution in [3.05, 3.63) is 22.4 Å². The molecule has 0 saturated carbocycles. The molecule has 15 heavy (non-hydrogen) atoms. The van der Waals surface area contributed by atoms with Crippen LogP contribution >= 0.6 is 11.3 Å². The summed E-state index contributed by atoms with van der Waals surface area (Å²) in [4.78, 5) is 1.33. The summed E-state index contributed by atoms with van der Waals surface area (Å²) in [7, 11) is 0. The van der Waals surface area contributed by atoms with Crippen LogP contribution in [0.5, 0.6) is 0 Å². The van der Waals surface area contributed by atoms with Gasteiger partial charge in [0.25, 0.3) is 0 Å². The lowest BCUT2D eigenvalue weighted by atomic mass is 10.2. The normalized spacial score (nSPS) is 14.1. The molecule has 4 nitrogen and oxygen atoms in total. The number of rotatable bonds is 6. The van der Waals surface area contributed by atoms with Gasteiger partial charge in [0.15, 0.2) is 0 Å². The summed E-state index contributed by atoms with van der Waals surface area (Å²) < 4.78 is 0. The Hall–Kier alpha value is -1.07. The van der Waals surface area contributed by atoms with Crippen molar-refractivity contribution in [3.63, 3.8) is 0 Å². The van der Waals surface area contributed by atoms with E-state index in [0.29, 0.717) is 12.5 Å². The maximum Gasteiger partial charge on any atom is 0.140 e. The monoisotopic (exact) mass is 227 g/mol. The van der Waals surface area contributed by atoms with Crippen molar-refractivity contribution < 1.29 is 5.21 Å². The Morgan fingerprint density at radius 3 is 3.07 bits per heavy atom. The number of oxime groups is 1. The molecule has 0 saturated heterocycles. The van der Waals surface area contributed by atoms with Gasteiger partial charge in [0.1, 0.15) is 5.84 Å². The number of hydrogen-bond acceptors (Lipinski definition) is 4. The van der Waals surface area contributed by atoms with Crippen LogP contribution in [0, 0.1) is 0 Å². The summed E-state index contributed by atoms with van der Waals surface area (Å²) in [5.74, 6) is 0.267. The molecule has 1 aromatic rings. The van der Waals surface area contributed by atoms with E-state index in [1.54, 1.807) is 11.3 Å². The van der Waals surface area contributed by atoms with Crippen molar-refractivity contribution in [1.82, 2.24) is 5.32 Å². The Kier molecular flexibility index (Phi) is 5.14. The predicted molar refractivity (Wildman–Crippen MR) is 63.4 cm³/mol. The van der Waals surface area contributed by atoms with E-state index < -0.39 is 0 Å². The van der Waals surface area contributed by atoms with Crippen LogP contribution in [0.4, 0.5) is 0 Å². The largest absolute Gasteiger partial charge is 0.409 e. The van der Waals surface area contributed by atoms with Gasteiger partial charge in [0, 0.05) is 23.9 Å². The maximum atomic E-state index is 8.38. The van der Waals surface area contributed by atoms with Crippen molar-refractivity contribution in [3.8, 4) is 0 Å². The fourth-order valence-electron chi connectivity index (χ4n) is 1.36. The van der Waals surface area contributed by atoms with Gasteiger partial charge >= 0.3 is 0 Å². The van der Waals surface area contributed by atoms with Gasteiger partial charge in [-0.05, 0) is 17.9 Å². The van der Waals surface area contributed by atoms with E-state index in [0.717, 1.165) is 13.0 Å². The van der Waals surface area contributed by atoms with Crippen molar-refractivity contribution in [1.29, 1.82) is 0 Å². The highest BCUT2D eigenvalue weighted by atomic mass is 32.1. The molecule has 0 amide bonds. The van der Waals surface area contributed by atoms with Gasteiger partial charge in [-0.2, -0.15) is 0 Å². The first kappa shape index (κ1) is 12.0. The molecule has 0 radical (unpaired) electrons. The molecule has 0 aliphatic heterocycles. The molecule has 0 aliphatic rings. The van der Waals surface area contributed by atoms with Gasteiger partial charge in [-0.25, -0.2) is 0 Å². The van der Waals surface area contributed by atoms with Crippen molar-refractivity contribution >= 4 is 17.2 Å². The van der Waals surface area contributed by atoms with E-state index in [4.69, 9.17) is 10.9 Å². The van der Waals surface area contributed by atoms with E-state index in [1.165, 1.54) is 4.88 Å². The molecule has 84 valence electrons. The van der Waals surface area contributed by atoms with Crippen LogP contribution in [0.3, 0.4) is 0 Å². The van der Waals surface area contributed by atoms with Crippen LogP contribution < -0.4 is 11.1 Å². The Labute approximate surface area is 93.8 Å². The third-order valence-corrected chi connectivity index (χ3v) is 3.18. The number of hydrogen-bond donors (Lipinski definition) is 3. The highest BCUT2D eigenvalue weighted by Crippen LogP contribution is 2.21.